The van der Waals surface area contributed by atoms with Gasteiger partial charge in [-0.3, -0.25) is 43.3 Å². The van der Waals surface area contributed by atoms with Crippen molar-refractivity contribution in [2.75, 3.05) is 91.0 Å². The highest BCUT2D eigenvalue weighted by Crippen LogP contribution is 2.34. The number of esters is 1. The molecule has 3 heterocycles. The number of ether oxygens (including phenoxy) is 7. The van der Waals surface area contributed by atoms with E-state index in [1.807, 2.05) is 0 Å². The van der Waals surface area contributed by atoms with Crippen LogP contribution in [-0.2, 0) is 84.5 Å². The number of carbonyl (C=O) groups excluding carboxylic acids is 9. The zero-order chi connectivity index (χ0) is 65.5. The van der Waals surface area contributed by atoms with Crippen LogP contribution < -0.4 is 37.6 Å². The van der Waals surface area contributed by atoms with E-state index in [9.17, 15) is 63.6 Å². The van der Waals surface area contributed by atoms with Gasteiger partial charge in [0.05, 0.1) is 77.6 Å². The summed E-state index contributed by atoms with van der Waals surface area (Å²) in [6, 6.07) is 2.25. The fourth-order valence-electron chi connectivity index (χ4n) is 9.67. The Bertz CT molecular complexity index is 2640. The normalized spacial score (nSPS) is 20.1. The Morgan fingerprint density at radius 3 is 1.99 bits per heavy atom. The van der Waals surface area contributed by atoms with E-state index in [-0.39, 0.29) is 135 Å². The van der Waals surface area contributed by atoms with Gasteiger partial charge >= 0.3 is 12.0 Å². The number of hydrogen-bond donors (Lipinski definition) is 11. The molecule has 1 unspecified atom stereocenters. The number of benzene rings is 1. The van der Waals surface area contributed by atoms with E-state index in [1.54, 1.807) is 52.0 Å². The topological polar surface area (TPSA) is 431 Å². The molecule has 1 fully saturated rings. The quantitative estimate of drug-likeness (QED) is 0.0216. The number of fused-ring (bicyclic) bond motifs is 1. The van der Waals surface area contributed by atoms with Gasteiger partial charge in [-0.2, -0.15) is 0 Å². The van der Waals surface area contributed by atoms with Gasteiger partial charge < -0.3 is 91.2 Å². The number of rotatable bonds is 40. The Hall–Kier alpha value is -7.07. The average molecular weight is 1270 g/mol. The summed E-state index contributed by atoms with van der Waals surface area (Å²) < 4.78 is 40.5. The van der Waals surface area contributed by atoms with E-state index in [0.29, 0.717) is 48.3 Å². The summed E-state index contributed by atoms with van der Waals surface area (Å²) in [5.74, 6) is -4.95. The molecule has 1 aromatic carbocycles. The predicted molar refractivity (Wildman–Crippen MR) is 318 cm³/mol. The zero-order valence-electron chi connectivity index (χ0n) is 51.7. The van der Waals surface area contributed by atoms with Crippen LogP contribution in [0.25, 0.3) is 0 Å². The van der Waals surface area contributed by atoms with Gasteiger partial charge in [0.1, 0.15) is 67.6 Å². The lowest BCUT2D eigenvalue weighted by molar-refractivity contribution is -0.254. The number of aliphatic hydroxyl groups excluding tert-OH is 4. The molecule has 90 heavy (non-hydrogen) atoms. The first-order valence-corrected chi connectivity index (χ1v) is 30.7. The van der Waals surface area contributed by atoms with E-state index >= 15 is 0 Å². The zero-order valence-corrected chi connectivity index (χ0v) is 51.7. The van der Waals surface area contributed by atoms with Gasteiger partial charge in [0, 0.05) is 37.3 Å². The van der Waals surface area contributed by atoms with Crippen LogP contribution in [0.3, 0.4) is 0 Å². The Labute approximate surface area is 522 Å². The highest BCUT2D eigenvalue weighted by Gasteiger charge is 2.46. The monoisotopic (exact) mass is 1270 g/mol. The number of anilines is 1. The van der Waals surface area contributed by atoms with Crippen LogP contribution in [0.5, 0.6) is 0 Å². The Kier molecular flexibility index (Phi) is 32.1. The molecule has 3 aliphatic rings. The number of nitrogens with two attached hydrogens (primary N) is 1. The number of imide groups is 1. The molecule has 12 N–H and O–H groups in total. The largest absolute Gasteiger partial charge is 0.461 e. The van der Waals surface area contributed by atoms with E-state index in [0.717, 1.165) is 24.2 Å². The fourth-order valence-corrected chi connectivity index (χ4v) is 9.67. The van der Waals surface area contributed by atoms with Crippen LogP contribution in [0.4, 0.5) is 10.5 Å². The van der Waals surface area contributed by atoms with Gasteiger partial charge in [-0.1, -0.05) is 57.9 Å². The first-order chi connectivity index (χ1) is 43.2. The summed E-state index contributed by atoms with van der Waals surface area (Å²) in [5, 5.41) is 66.2. The van der Waals surface area contributed by atoms with Crippen molar-refractivity contribution in [3.8, 4) is 0 Å². The lowest BCUT2D eigenvalue weighted by Crippen LogP contribution is -2.57. The third kappa shape index (κ3) is 24.6. The molecule has 2 aliphatic heterocycles. The molecule has 31 heteroatoms. The third-order valence-corrected chi connectivity index (χ3v) is 14.8. The van der Waals surface area contributed by atoms with Gasteiger partial charge in [0.15, 0.2) is 6.23 Å². The molecule has 1 aliphatic carbocycles. The highest BCUT2D eigenvalue weighted by molar-refractivity contribution is 6.12. The van der Waals surface area contributed by atoms with Crippen LogP contribution >= 0.6 is 0 Å². The molecule has 0 radical (unpaired) electrons. The van der Waals surface area contributed by atoms with Gasteiger partial charge in [-0.25, -0.2) is 9.48 Å². The van der Waals surface area contributed by atoms with Crippen molar-refractivity contribution in [1.82, 2.24) is 46.5 Å². The number of amides is 9. The first kappa shape index (κ1) is 73.7. The fraction of sp³-hybridized carbons (Fsp3) is 0.678. The Morgan fingerprint density at radius 1 is 0.711 bits per heavy atom. The molecular formula is C59H91N11O20. The summed E-state index contributed by atoms with van der Waals surface area (Å²) in [6.45, 7) is 7.77. The van der Waals surface area contributed by atoms with Crippen LogP contribution in [0.1, 0.15) is 121 Å². The summed E-state index contributed by atoms with van der Waals surface area (Å²) >= 11 is 0. The van der Waals surface area contributed by atoms with Crippen molar-refractivity contribution >= 4 is 59.0 Å². The lowest BCUT2D eigenvalue weighted by Gasteiger charge is -2.40. The summed E-state index contributed by atoms with van der Waals surface area (Å²) in [5.41, 5.74) is 7.28. The predicted octanol–water partition coefficient (Wildman–Crippen LogP) is -1.01. The van der Waals surface area contributed by atoms with Gasteiger partial charge in [0.2, 0.25) is 29.5 Å². The molecule has 9 atom stereocenters. The minimum absolute atomic E-state index is 0.0255. The standard InChI is InChI=1S/C59H91N11O20/c1-36(2)49(56(81)65-41(12-10-23-62-59(60)83)54(79)63-39-17-15-38(16-18-39)34-89-58(82)37(3)4)66-55(80)40(64-45(72)21-25-84-27-29-86-31-32-87-30-28-85-26-24-69-47(74)19-20-48(69)75)11-8-9-22-61-46(73)35-88-43-14-7-5-6-13-42-50(43)67-68-70(42)57-53(78)52(77)51(76)44(33-71)90-57/h15-20,36-37,40-41,43-44,49,51-53,57,71,76-78H,5-14,21-35H2,1-4H3,(H,61,73)(H,63,79)(H,64,72)(H,65,81)(H,66,80)(H3,60,62,83)/t40-,41+,43?,44-,49+,51+,52+,53-,57-/m1/s1. The maximum Gasteiger partial charge on any atom is 0.312 e. The van der Waals surface area contributed by atoms with E-state index in [2.05, 4.69) is 42.2 Å². The summed E-state index contributed by atoms with van der Waals surface area (Å²) in [4.78, 5) is 117. The number of primary amides is 1. The Morgan fingerprint density at radius 2 is 1.34 bits per heavy atom. The number of hydrogen-bond acceptors (Lipinski definition) is 22. The molecule has 502 valence electrons. The maximum atomic E-state index is 14.2. The van der Waals surface area contributed by atoms with Crippen LogP contribution in [-0.4, -0.2) is 222 Å². The van der Waals surface area contributed by atoms with Crippen LogP contribution in [0, 0.1) is 11.8 Å². The van der Waals surface area contributed by atoms with E-state index in [1.165, 1.54) is 16.8 Å². The average Bonchev–Trinajstić information content (AvgIpc) is 1.68. The van der Waals surface area contributed by atoms with Crippen LogP contribution in [0.2, 0.25) is 0 Å². The number of aliphatic hydroxyl groups is 4. The molecule has 0 spiro atoms. The van der Waals surface area contributed by atoms with Crippen molar-refractivity contribution in [2.24, 2.45) is 17.6 Å². The van der Waals surface area contributed by atoms with Crippen molar-refractivity contribution in [2.45, 2.75) is 160 Å². The van der Waals surface area contributed by atoms with Crippen molar-refractivity contribution in [3.63, 3.8) is 0 Å². The smallest absolute Gasteiger partial charge is 0.312 e. The molecule has 2 aromatic rings. The van der Waals surface area contributed by atoms with Gasteiger partial charge in [0.25, 0.3) is 11.8 Å². The van der Waals surface area contributed by atoms with E-state index < -0.39 is 103 Å². The number of carbonyl (C=O) groups is 9. The second-order valence-corrected chi connectivity index (χ2v) is 22.5. The lowest BCUT2D eigenvalue weighted by atomic mass is 9.96. The summed E-state index contributed by atoms with van der Waals surface area (Å²) in [7, 11) is 0. The summed E-state index contributed by atoms with van der Waals surface area (Å²) in [6.07, 6.45) is -1.32. The number of urea groups is 1. The molecule has 0 saturated carbocycles. The minimum atomic E-state index is -1.63. The number of aromatic nitrogens is 3. The second-order valence-electron chi connectivity index (χ2n) is 22.5. The second kappa shape index (κ2) is 39.2. The molecule has 31 nitrogen and oxygen atoms in total. The van der Waals surface area contributed by atoms with Gasteiger partial charge in [-0.05, 0) is 75.0 Å². The SMILES string of the molecule is CC(C)C(=O)OCc1ccc(NC(=O)[C@H](CCCNC(N)=O)NC(=O)[C@@H](NC(=O)[C@@H](CCCCNC(=O)COC2CCCCCc3c2nnn3[C@@H]2O[C@H](CO)[C@H](O)[C@H](O)[C@H]2O)NC(=O)CCOCCOCCOCCOCCN2C(=O)C=CC2=O)C(C)C)cc1. The number of nitrogens with zero attached hydrogens (tertiary/aromatic N) is 4. The van der Waals surface area contributed by atoms with Crippen molar-refractivity contribution < 1.29 is 96.7 Å². The molecule has 9 amide bonds. The minimum Gasteiger partial charge on any atom is -0.461 e. The maximum absolute atomic E-state index is 14.2. The van der Waals surface area contributed by atoms with Crippen molar-refractivity contribution in [1.29, 1.82) is 0 Å². The van der Waals surface area contributed by atoms with E-state index in [4.69, 9.17) is 38.9 Å². The molecule has 1 saturated heterocycles. The molecule has 5 rings (SSSR count). The number of unbranched alkanes of at least 4 members (excludes halogenated alkanes) is 1. The van der Waals surface area contributed by atoms with Crippen molar-refractivity contribution in [3.05, 3.63) is 53.4 Å². The molecule has 0 bridgehead atoms. The highest BCUT2D eigenvalue weighted by atomic mass is 16.6. The third-order valence-electron chi connectivity index (χ3n) is 14.8. The first-order valence-electron chi connectivity index (χ1n) is 30.7. The van der Waals surface area contributed by atoms with Crippen LogP contribution in [0.15, 0.2) is 36.4 Å². The Balaban J connectivity index is 1.14. The number of nitrogens with one attached hydrogen (secondary N) is 6. The molecule has 1 aromatic heterocycles. The molecular weight excluding hydrogens is 1180 g/mol. The van der Waals surface area contributed by atoms with Gasteiger partial charge in [-0.15, -0.1) is 5.10 Å².